The highest BCUT2D eigenvalue weighted by Crippen LogP contribution is 2.32. The summed E-state index contributed by atoms with van der Waals surface area (Å²) < 4.78 is 4.94. The molecule has 0 aliphatic carbocycles. The fourth-order valence-electron chi connectivity index (χ4n) is 3.62. The third-order valence-electron chi connectivity index (χ3n) is 4.70. The zero-order valence-electron chi connectivity index (χ0n) is 14.5. The van der Waals surface area contributed by atoms with Crippen molar-refractivity contribution in [3.05, 3.63) is 22.4 Å². The Bertz CT molecular complexity index is 648. The smallest absolute Gasteiger partial charge is 0.327 e. The summed E-state index contributed by atoms with van der Waals surface area (Å²) in [6.45, 7) is 3.19. The first-order chi connectivity index (χ1) is 12.1. The Morgan fingerprint density at radius 2 is 2.20 bits per heavy atom. The lowest BCUT2D eigenvalue weighted by Gasteiger charge is -2.43. The zero-order chi connectivity index (χ0) is 18.0. The first-order valence-corrected chi connectivity index (χ1v) is 9.39. The number of carbonyl (C=O) groups is 3. The van der Waals surface area contributed by atoms with Crippen LogP contribution in [-0.2, 0) is 20.9 Å². The van der Waals surface area contributed by atoms with Crippen molar-refractivity contribution in [2.24, 2.45) is 0 Å². The van der Waals surface area contributed by atoms with E-state index < -0.39 is 6.04 Å². The summed E-state index contributed by atoms with van der Waals surface area (Å²) in [4.78, 5) is 43.9. The van der Waals surface area contributed by atoms with Crippen LogP contribution in [0.2, 0.25) is 0 Å². The van der Waals surface area contributed by atoms with Crippen LogP contribution in [0, 0.1) is 0 Å². The minimum Gasteiger partial charge on any atom is -0.375 e. The number of thiophene rings is 1. The van der Waals surface area contributed by atoms with Crippen LogP contribution in [0.15, 0.2) is 17.5 Å². The number of fused-ring (bicyclic) bond motifs is 1. The van der Waals surface area contributed by atoms with Crippen molar-refractivity contribution in [3.8, 4) is 0 Å². The lowest BCUT2D eigenvalue weighted by molar-refractivity contribution is -0.148. The number of ether oxygens (including phenoxy) is 1. The molecule has 0 N–H and O–H groups in total. The monoisotopic (exact) mass is 365 g/mol. The number of amides is 4. The van der Waals surface area contributed by atoms with Crippen molar-refractivity contribution in [3.63, 3.8) is 0 Å². The molecule has 25 heavy (non-hydrogen) atoms. The maximum Gasteiger partial charge on any atom is 0.327 e. The first-order valence-electron chi connectivity index (χ1n) is 8.51. The number of hydrogen-bond donors (Lipinski definition) is 0. The number of methoxy groups -OCH3 is 1. The average Bonchev–Trinajstić information content (AvgIpc) is 3.25. The molecule has 2 aliphatic rings. The van der Waals surface area contributed by atoms with Crippen LogP contribution in [0.3, 0.4) is 0 Å². The third kappa shape index (κ3) is 3.28. The molecule has 4 amide bonds. The number of nitrogens with zero attached hydrogens (tertiary/aromatic N) is 3. The highest BCUT2D eigenvalue weighted by molar-refractivity contribution is 7.09. The van der Waals surface area contributed by atoms with E-state index in [4.69, 9.17) is 4.74 Å². The Labute approximate surface area is 151 Å². The molecule has 0 unspecified atom stereocenters. The molecule has 2 aliphatic heterocycles. The summed E-state index contributed by atoms with van der Waals surface area (Å²) >= 11 is 1.59. The maximum atomic E-state index is 12.9. The topological polar surface area (TPSA) is 70.2 Å². The van der Waals surface area contributed by atoms with Gasteiger partial charge in [0.15, 0.2) is 0 Å². The second-order valence-corrected chi connectivity index (χ2v) is 7.33. The predicted octanol–water partition coefficient (Wildman–Crippen LogP) is 1.54. The SMILES string of the molecule is CCCN1C(=O)[C@H]2[C@@H](CCN2C(=O)COC)N(Cc2cccs2)C1=O. The molecule has 0 bridgehead atoms. The molecule has 1 aromatic heterocycles. The van der Waals surface area contributed by atoms with Crippen LogP contribution in [0.1, 0.15) is 24.6 Å². The lowest BCUT2D eigenvalue weighted by atomic mass is 10.0. The van der Waals surface area contributed by atoms with Gasteiger partial charge >= 0.3 is 6.03 Å². The van der Waals surface area contributed by atoms with Crippen molar-refractivity contribution in [2.75, 3.05) is 26.8 Å². The number of hydrogen-bond acceptors (Lipinski definition) is 5. The van der Waals surface area contributed by atoms with Gasteiger partial charge in [-0.2, -0.15) is 0 Å². The molecule has 3 heterocycles. The van der Waals surface area contributed by atoms with Crippen molar-refractivity contribution in [2.45, 2.75) is 38.4 Å². The van der Waals surface area contributed by atoms with Gasteiger partial charge in [0.1, 0.15) is 12.6 Å². The van der Waals surface area contributed by atoms with Crippen molar-refractivity contribution in [1.82, 2.24) is 14.7 Å². The van der Waals surface area contributed by atoms with Crippen LogP contribution in [0.4, 0.5) is 4.79 Å². The number of carbonyl (C=O) groups excluding carboxylic acids is 3. The second-order valence-electron chi connectivity index (χ2n) is 6.30. The summed E-state index contributed by atoms with van der Waals surface area (Å²) in [5, 5.41) is 1.97. The van der Waals surface area contributed by atoms with E-state index >= 15 is 0 Å². The molecule has 3 rings (SSSR count). The van der Waals surface area contributed by atoms with E-state index in [9.17, 15) is 14.4 Å². The Morgan fingerprint density at radius 3 is 2.84 bits per heavy atom. The maximum absolute atomic E-state index is 12.9. The number of imide groups is 1. The number of rotatable bonds is 6. The van der Waals surface area contributed by atoms with Crippen LogP contribution in [0.25, 0.3) is 0 Å². The number of likely N-dealkylation sites (tertiary alicyclic amines) is 1. The van der Waals surface area contributed by atoms with Gasteiger partial charge in [-0.3, -0.25) is 14.5 Å². The molecular formula is C17H23N3O4S. The molecule has 2 atom stereocenters. The average molecular weight is 365 g/mol. The van der Waals surface area contributed by atoms with Gasteiger partial charge in [0, 0.05) is 25.1 Å². The Balaban J connectivity index is 1.89. The summed E-state index contributed by atoms with van der Waals surface area (Å²) in [5.74, 6) is -0.466. The van der Waals surface area contributed by atoms with Crippen LogP contribution >= 0.6 is 11.3 Å². The van der Waals surface area contributed by atoms with E-state index in [2.05, 4.69) is 0 Å². The quantitative estimate of drug-likeness (QED) is 0.767. The second kappa shape index (κ2) is 7.53. The van der Waals surface area contributed by atoms with Crippen LogP contribution in [-0.4, -0.2) is 71.4 Å². The molecular weight excluding hydrogens is 342 g/mol. The van der Waals surface area contributed by atoms with Gasteiger partial charge in [-0.05, 0) is 24.3 Å². The van der Waals surface area contributed by atoms with Crippen LogP contribution in [0.5, 0.6) is 0 Å². The van der Waals surface area contributed by atoms with Gasteiger partial charge in [-0.25, -0.2) is 4.79 Å². The molecule has 7 nitrogen and oxygen atoms in total. The third-order valence-corrected chi connectivity index (χ3v) is 5.56. The Kier molecular flexibility index (Phi) is 5.39. The summed E-state index contributed by atoms with van der Waals surface area (Å²) in [7, 11) is 1.46. The van der Waals surface area contributed by atoms with Crippen molar-refractivity contribution < 1.29 is 19.1 Å². The normalized spacial score (nSPS) is 23.4. The fourth-order valence-corrected chi connectivity index (χ4v) is 4.32. The molecule has 0 aromatic carbocycles. The lowest BCUT2D eigenvalue weighted by Crippen LogP contribution is -2.65. The molecule has 0 spiro atoms. The summed E-state index contributed by atoms with van der Waals surface area (Å²) in [6.07, 6.45) is 1.30. The fraction of sp³-hybridized carbons (Fsp3) is 0.588. The van der Waals surface area contributed by atoms with E-state index in [0.29, 0.717) is 32.5 Å². The first kappa shape index (κ1) is 17.9. The number of urea groups is 1. The van der Waals surface area contributed by atoms with Crippen molar-refractivity contribution in [1.29, 1.82) is 0 Å². The minimum atomic E-state index is -0.605. The van der Waals surface area contributed by atoms with Crippen molar-refractivity contribution >= 4 is 29.2 Å². The zero-order valence-corrected chi connectivity index (χ0v) is 15.3. The van der Waals surface area contributed by atoms with Gasteiger partial charge < -0.3 is 14.5 Å². The standard InChI is InChI=1S/C17H23N3O4S/c1-3-7-19-16(22)15-13(6-8-18(15)14(21)11-24-2)20(17(19)23)10-12-5-4-9-25-12/h4-5,9,13,15H,3,6-8,10-11H2,1-2H3/t13-,15-/m1/s1. The molecule has 0 saturated carbocycles. The van der Waals surface area contributed by atoms with E-state index in [1.54, 1.807) is 21.1 Å². The predicted molar refractivity (Wildman–Crippen MR) is 93.0 cm³/mol. The van der Waals surface area contributed by atoms with Gasteiger partial charge in [0.2, 0.25) is 5.91 Å². The molecule has 136 valence electrons. The highest BCUT2D eigenvalue weighted by Gasteiger charge is 2.52. The van der Waals surface area contributed by atoms with Gasteiger partial charge in [0.25, 0.3) is 5.91 Å². The van der Waals surface area contributed by atoms with E-state index in [-0.39, 0.29) is 30.5 Å². The van der Waals surface area contributed by atoms with E-state index in [1.807, 2.05) is 24.4 Å². The van der Waals surface area contributed by atoms with Gasteiger partial charge in [0.05, 0.1) is 12.6 Å². The van der Waals surface area contributed by atoms with Gasteiger partial charge in [-0.15, -0.1) is 11.3 Å². The summed E-state index contributed by atoms with van der Waals surface area (Å²) in [5.41, 5.74) is 0. The molecule has 1 aromatic rings. The van der Waals surface area contributed by atoms with Crippen LogP contribution < -0.4 is 0 Å². The minimum absolute atomic E-state index is 0.0524. The Hall–Kier alpha value is -1.93. The molecule has 2 fully saturated rings. The molecule has 8 heteroatoms. The summed E-state index contributed by atoms with van der Waals surface area (Å²) in [6, 6.07) is 2.81. The Morgan fingerprint density at radius 1 is 1.40 bits per heavy atom. The highest BCUT2D eigenvalue weighted by atomic mass is 32.1. The largest absolute Gasteiger partial charge is 0.375 e. The molecule has 2 saturated heterocycles. The van der Waals surface area contributed by atoms with E-state index in [0.717, 1.165) is 4.88 Å². The molecule has 0 radical (unpaired) electrons. The van der Waals surface area contributed by atoms with Gasteiger partial charge in [-0.1, -0.05) is 13.0 Å². The van der Waals surface area contributed by atoms with E-state index in [1.165, 1.54) is 12.0 Å².